The van der Waals surface area contributed by atoms with Gasteiger partial charge < -0.3 is 9.73 Å². The minimum atomic E-state index is -3.98. The zero-order valence-corrected chi connectivity index (χ0v) is 18.9. The highest BCUT2D eigenvalue weighted by Crippen LogP contribution is 2.26. The number of sulfonamides is 1. The van der Waals surface area contributed by atoms with Crippen LogP contribution in [0.3, 0.4) is 0 Å². The Labute approximate surface area is 188 Å². The molecule has 2 aromatic rings. The predicted octanol–water partition coefficient (Wildman–Crippen LogP) is 3.55. The van der Waals surface area contributed by atoms with Gasteiger partial charge in [-0.3, -0.25) is 9.69 Å². The SMILES string of the molecule is O=C(NCC(c1ccco1)N1CCCCC1)c1ccc(F)c(S(=O)(=O)N2CCCCC2)c1. The predicted molar refractivity (Wildman–Crippen MR) is 118 cm³/mol. The zero-order chi connectivity index (χ0) is 22.6. The lowest BCUT2D eigenvalue weighted by Gasteiger charge is -2.33. The average molecular weight is 464 g/mol. The number of nitrogens with one attached hydrogen (secondary N) is 1. The molecule has 1 N–H and O–H groups in total. The number of benzene rings is 1. The van der Waals surface area contributed by atoms with Gasteiger partial charge in [-0.05, 0) is 69.1 Å². The first-order chi connectivity index (χ1) is 15.5. The topological polar surface area (TPSA) is 82.9 Å². The van der Waals surface area contributed by atoms with Crippen molar-refractivity contribution in [3.8, 4) is 0 Å². The van der Waals surface area contributed by atoms with Crippen LogP contribution in [-0.4, -0.2) is 56.3 Å². The van der Waals surface area contributed by atoms with E-state index in [-0.39, 0.29) is 11.6 Å². The Balaban J connectivity index is 1.50. The van der Waals surface area contributed by atoms with Crippen LogP contribution in [0.5, 0.6) is 0 Å². The molecule has 1 aromatic heterocycles. The Hall–Kier alpha value is -2.23. The van der Waals surface area contributed by atoms with Crippen LogP contribution in [0.4, 0.5) is 4.39 Å². The minimum Gasteiger partial charge on any atom is -0.468 e. The van der Waals surface area contributed by atoms with Crippen LogP contribution < -0.4 is 5.32 Å². The highest BCUT2D eigenvalue weighted by Gasteiger charge is 2.30. The van der Waals surface area contributed by atoms with Crippen molar-refractivity contribution >= 4 is 15.9 Å². The Bertz CT molecular complexity index is 1010. The number of likely N-dealkylation sites (tertiary alicyclic amines) is 1. The van der Waals surface area contributed by atoms with Crippen LogP contribution in [0.25, 0.3) is 0 Å². The van der Waals surface area contributed by atoms with Gasteiger partial charge in [0, 0.05) is 25.2 Å². The van der Waals surface area contributed by atoms with Gasteiger partial charge >= 0.3 is 0 Å². The average Bonchev–Trinajstić information content (AvgIpc) is 3.35. The second-order valence-electron chi connectivity index (χ2n) is 8.45. The molecule has 0 radical (unpaired) electrons. The molecule has 1 atom stereocenters. The second kappa shape index (κ2) is 10.1. The molecule has 0 bridgehead atoms. The van der Waals surface area contributed by atoms with Crippen LogP contribution in [0, 0.1) is 5.82 Å². The van der Waals surface area contributed by atoms with Gasteiger partial charge in [-0.15, -0.1) is 0 Å². The van der Waals surface area contributed by atoms with E-state index in [1.165, 1.54) is 16.8 Å². The van der Waals surface area contributed by atoms with Crippen molar-refractivity contribution in [3.63, 3.8) is 0 Å². The van der Waals surface area contributed by atoms with Gasteiger partial charge in [0.05, 0.1) is 12.3 Å². The summed E-state index contributed by atoms with van der Waals surface area (Å²) in [6, 6.07) is 7.14. The fourth-order valence-corrected chi connectivity index (χ4v) is 6.11. The first-order valence-electron chi connectivity index (χ1n) is 11.3. The summed E-state index contributed by atoms with van der Waals surface area (Å²) < 4.78 is 47.3. The number of halogens is 1. The molecule has 2 fully saturated rings. The van der Waals surface area contributed by atoms with Gasteiger partial charge in [-0.1, -0.05) is 12.8 Å². The van der Waals surface area contributed by atoms with Gasteiger partial charge in [0.25, 0.3) is 5.91 Å². The number of carbonyl (C=O) groups excluding carboxylic acids is 1. The lowest BCUT2D eigenvalue weighted by molar-refractivity contribution is 0.0914. The molecule has 0 aliphatic carbocycles. The highest BCUT2D eigenvalue weighted by molar-refractivity contribution is 7.89. The molecule has 1 amide bonds. The number of furan rings is 1. The van der Waals surface area contributed by atoms with Crippen molar-refractivity contribution in [3.05, 3.63) is 53.7 Å². The van der Waals surface area contributed by atoms with E-state index in [9.17, 15) is 17.6 Å². The number of hydrogen-bond acceptors (Lipinski definition) is 5. The Morgan fingerprint density at radius 2 is 1.72 bits per heavy atom. The molecule has 2 saturated heterocycles. The van der Waals surface area contributed by atoms with Crippen molar-refractivity contribution in [1.82, 2.24) is 14.5 Å². The molecule has 7 nitrogen and oxygen atoms in total. The van der Waals surface area contributed by atoms with E-state index in [1.54, 1.807) is 6.26 Å². The van der Waals surface area contributed by atoms with Gasteiger partial charge in [-0.25, -0.2) is 12.8 Å². The third-order valence-corrected chi connectivity index (χ3v) is 8.20. The summed E-state index contributed by atoms with van der Waals surface area (Å²) >= 11 is 0. The van der Waals surface area contributed by atoms with Crippen molar-refractivity contribution < 1.29 is 22.0 Å². The van der Waals surface area contributed by atoms with E-state index in [4.69, 9.17) is 4.42 Å². The Kier molecular flexibility index (Phi) is 7.27. The standard InChI is InChI=1S/C23H30FN3O4S/c24-19-10-9-18(16-22(19)32(29,30)27-13-5-2-6-14-27)23(28)25-17-20(21-8-7-15-31-21)26-11-3-1-4-12-26/h7-10,15-16,20H,1-6,11-14,17H2,(H,25,28). The normalized spacial score (nSPS) is 19.5. The molecule has 2 aliphatic rings. The first-order valence-corrected chi connectivity index (χ1v) is 12.8. The summed E-state index contributed by atoms with van der Waals surface area (Å²) in [4.78, 5) is 14.7. The molecular formula is C23H30FN3O4S. The third kappa shape index (κ3) is 5.05. The van der Waals surface area contributed by atoms with Gasteiger partial charge in [-0.2, -0.15) is 4.31 Å². The van der Waals surface area contributed by atoms with E-state index in [1.807, 2.05) is 12.1 Å². The van der Waals surface area contributed by atoms with E-state index in [0.29, 0.717) is 19.6 Å². The van der Waals surface area contributed by atoms with E-state index >= 15 is 0 Å². The number of piperidine rings is 2. The van der Waals surface area contributed by atoms with Gasteiger partial charge in [0.1, 0.15) is 16.5 Å². The van der Waals surface area contributed by atoms with Crippen molar-refractivity contribution in [2.45, 2.75) is 49.5 Å². The van der Waals surface area contributed by atoms with Crippen LogP contribution in [0.2, 0.25) is 0 Å². The maximum absolute atomic E-state index is 14.5. The Morgan fingerprint density at radius 1 is 1.03 bits per heavy atom. The van der Waals surface area contributed by atoms with Gasteiger partial charge in [0.15, 0.2) is 0 Å². The number of amides is 1. The van der Waals surface area contributed by atoms with E-state index < -0.39 is 26.6 Å². The molecule has 32 heavy (non-hydrogen) atoms. The highest BCUT2D eigenvalue weighted by atomic mass is 32.2. The molecule has 9 heteroatoms. The number of nitrogens with zero attached hydrogens (tertiary/aromatic N) is 2. The maximum atomic E-state index is 14.5. The van der Waals surface area contributed by atoms with Crippen molar-refractivity contribution in [1.29, 1.82) is 0 Å². The molecule has 0 saturated carbocycles. The third-order valence-electron chi connectivity index (χ3n) is 6.29. The summed E-state index contributed by atoms with van der Waals surface area (Å²) in [5.41, 5.74) is 0.124. The van der Waals surface area contributed by atoms with Gasteiger partial charge in [0.2, 0.25) is 10.0 Å². The molecular weight excluding hydrogens is 433 g/mol. The molecule has 2 aliphatic heterocycles. The zero-order valence-electron chi connectivity index (χ0n) is 18.1. The Morgan fingerprint density at radius 3 is 2.38 bits per heavy atom. The van der Waals surface area contributed by atoms with Crippen LogP contribution >= 0.6 is 0 Å². The molecule has 1 unspecified atom stereocenters. The smallest absolute Gasteiger partial charge is 0.251 e. The number of carbonyl (C=O) groups is 1. The van der Waals surface area contributed by atoms with E-state index in [0.717, 1.165) is 63.1 Å². The van der Waals surface area contributed by atoms with Crippen LogP contribution in [-0.2, 0) is 10.0 Å². The van der Waals surface area contributed by atoms with Crippen molar-refractivity contribution in [2.75, 3.05) is 32.7 Å². The second-order valence-corrected chi connectivity index (χ2v) is 10.4. The minimum absolute atomic E-state index is 0.105. The number of hydrogen-bond donors (Lipinski definition) is 1. The summed E-state index contributed by atoms with van der Waals surface area (Å²) in [5, 5.41) is 2.89. The number of rotatable bonds is 7. The molecule has 0 spiro atoms. The lowest BCUT2D eigenvalue weighted by atomic mass is 10.1. The molecule has 3 heterocycles. The van der Waals surface area contributed by atoms with Crippen molar-refractivity contribution in [2.24, 2.45) is 0 Å². The summed E-state index contributed by atoms with van der Waals surface area (Å²) in [5.74, 6) is -0.498. The fourth-order valence-electron chi connectivity index (χ4n) is 4.50. The van der Waals surface area contributed by atoms with Crippen LogP contribution in [0.1, 0.15) is 60.7 Å². The lowest BCUT2D eigenvalue weighted by Crippen LogP contribution is -2.40. The molecule has 174 valence electrons. The maximum Gasteiger partial charge on any atom is 0.251 e. The van der Waals surface area contributed by atoms with Crippen LogP contribution in [0.15, 0.2) is 45.9 Å². The monoisotopic (exact) mass is 463 g/mol. The largest absolute Gasteiger partial charge is 0.468 e. The van der Waals surface area contributed by atoms with E-state index in [2.05, 4.69) is 10.2 Å². The fraction of sp³-hybridized carbons (Fsp3) is 0.522. The summed E-state index contributed by atoms with van der Waals surface area (Å²) in [7, 11) is -3.98. The molecule has 1 aromatic carbocycles. The first kappa shape index (κ1) is 22.9. The molecule has 4 rings (SSSR count). The summed E-state index contributed by atoms with van der Waals surface area (Å²) in [6.45, 7) is 2.92. The summed E-state index contributed by atoms with van der Waals surface area (Å²) in [6.07, 6.45) is 7.48. The quantitative estimate of drug-likeness (QED) is 0.679.